The predicted molar refractivity (Wildman–Crippen MR) is 168 cm³/mol. The molecular weight excluding hydrogens is 648 g/mol. The Labute approximate surface area is 278 Å². The fourth-order valence-corrected chi connectivity index (χ4v) is 6.91. The number of rotatable bonds is 10. The number of hydrazone groups is 1. The minimum Gasteiger partial charge on any atom is -0.481 e. The highest BCUT2D eigenvalue weighted by Crippen LogP contribution is 2.31. The van der Waals surface area contributed by atoms with Crippen molar-refractivity contribution in [3.8, 4) is 10.6 Å². The maximum atomic E-state index is 14.8. The molecule has 6 rings (SSSR count). The molecule has 48 heavy (non-hydrogen) atoms. The van der Waals surface area contributed by atoms with E-state index in [0.29, 0.717) is 42.9 Å². The molecule has 16 heteroatoms. The highest BCUT2D eigenvalue weighted by Gasteiger charge is 2.37. The van der Waals surface area contributed by atoms with Gasteiger partial charge in [-0.05, 0) is 44.7 Å². The van der Waals surface area contributed by atoms with Crippen LogP contribution in [0.1, 0.15) is 74.5 Å². The topological polar surface area (TPSA) is 161 Å². The van der Waals surface area contributed by atoms with Crippen LogP contribution in [0.15, 0.2) is 46.9 Å². The van der Waals surface area contributed by atoms with Crippen molar-refractivity contribution in [2.75, 3.05) is 6.61 Å². The molecule has 0 unspecified atom stereocenters. The number of carbonyl (C=O) groups is 3. The first-order valence-electron chi connectivity index (χ1n) is 15.8. The van der Waals surface area contributed by atoms with Crippen LogP contribution in [0.2, 0.25) is 0 Å². The van der Waals surface area contributed by atoms with E-state index in [1.807, 2.05) is 6.92 Å². The Morgan fingerprint density at radius 2 is 1.88 bits per heavy atom. The maximum Gasteiger partial charge on any atom is 0.311 e. The Bertz CT molecular complexity index is 1810. The quantitative estimate of drug-likeness (QED) is 0.178. The van der Waals surface area contributed by atoms with Gasteiger partial charge >= 0.3 is 11.9 Å². The SMILES string of the molecule is CCOC1CCC(=[N+]2C=C(NC(=O)c3csc(-c4cnn(COC(=O)[C@H]5CCCC[C@H]5C(=O)O)c4)n3)C(c3nc(F)ccc3F)=N2)CC1. The largest absolute Gasteiger partial charge is 0.481 e. The van der Waals surface area contributed by atoms with Crippen molar-refractivity contribution in [3.05, 3.63) is 65.0 Å². The normalized spacial score (nSPS) is 21.1. The van der Waals surface area contributed by atoms with Gasteiger partial charge in [-0.1, -0.05) is 17.5 Å². The van der Waals surface area contributed by atoms with Crippen LogP contribution in [0.25, 0.3) is 10.6 Å². The summed E-state index contributed by atoms with van der Waals surface area (Å²) in [6, 6.07) is 1.87. The van der Waals surface area contributed by atoms with Gasteiger partial charge in [0.05, 0.1) is 24.1 Å². The molecule has 3 aromatic rings. The van der Waals surface area contributed by atoms with Gasteiger partial charge in [0.15, 0.2) is 24.0 Å². The smallest absolute Gasteiger partial charge is 0.311 e. The lowest BCUT2D eigenvalue weighted by molar-refractivity contribution is -0.461. The van der Waals surface area contributed by atoms with Gasteiger partial charge in [-0.25, -0.2) is 19.0 Å². The number of ether oxygens (including phenoxy) is 2. The second kappa shape index (κ2) is 14.6. The van der Waals surface area contributed by atoms with Gasteiger partial charge in [-0.15, -0.1) is 11.3 Å². The third-order valence-electron chi connectivity index (χ3n) is 8.58. The molecule has 3 aromatic heterocycles. The third kappa shape index (κ3) is 7.39. The van der Waals surface area contributed by atoms with E-state index in [-0.39, 0.29) is 35.6 Å². The van der Waals surface area contributed by atoms with Gasteiger partial charge in [0.1, 0.15) is 22.1 Å². The number of esters is 1. The van der Waals surface area contributed by atoms with E-state index >= 15 is 0 Å². The van der Waals surface area contributed by atoms with Crippen molar-refractivity contribution in [2.24, 2.45) is 16.9 Å². The molecule has 0 saturated heterocycles. The van der Waals surface area contributed by atoms with Crippen LogP contribution in [-0.4, -0.2) is 71.5 Å². The lowest BCUT2D eigenvalue weighted by Gasteiger charge is -2.26. The van der Waals surface area contributed by atoms with Crippen LogP contribution in [-0.2, 0) is 25.8 Å². The molecule has 2 atom stereocenters. The average molecular weight is 683 g/mol. The second-order valence-electron chi connectivity index (χ2n) is 11.7. The summed E-state index contributed by atoms with van der Waals surface area (Å²) in [6.45, 7) is 2.37. The van der Waals surface area contributed by atoms with Crippen molar-refractivity contribution < 1.29 is 42.4 Å². The molecule has 2 N–H and O–H groups in total. The van der Waals surface area contributed by atoms with Crippen molar-refractivity contribution in [1.29, 1.82) is 0 Å². The minimum atomic E-state index is -0.997. The van der Waals surface area contributed by atoms with E-state index in [1.54, 1.807) is 22.5 Å². The second-order valence-corrected chi connectivity index (χ2v) is 12.6. The molecule has 0 radical (unpaired) electrons. The fraction of sp³-hybridized carbons (Fsp3) is 0.438. The number of nitrogens with zero attached hydrogens (tertiary/aromatic N) is 6. The summed E-state index contributed by atoms with van der Waals surface area (Å²) in [7, 11) is 0. The van der Waals surface area contributed by atoms with E-state index in [0.717, 1.165) is 43.5 Å². The van der Waals surface area contributed by atoms with Gasteiger partial charge in [0, 0.05) is 41.7 Å². The van der Waals surface area contributed by atoms with E-state index in [4.69, 9.17) is 9.47 Å². The van der Waals surface area contributed by atoms with E-state index in [1.165, 1.54) is 22.2 Å². The van der Waals surface area contributed by atoms with Crippen LogP contribution < -0.4 is 5.32 Å². The minimum absolute atomic E-state index is 0.0195. The molecule has 2 aliphatic carbocycles. The van der Waals surface area contributed by atoms with Gasteiger partial charge in [0.2, 0.25) is 12.1 Å². The van der Waals surface area contributed by atoms with Crippen LogP contribution in [0.5, 0.6) is 0 Å². The highest BCUT2D eigenvalue weighted by atomic mass is 32.1. The molecule has 2 saturated carbocycles. The Hall–Kier alpha value is -4.70. The zero-order valence-corrected chi connectivity index (χ0v) is 26.9. The van der Waals surface area contributed by atoms with Crippen LogP contribution >= 0.6 is 11.3 Å². The van der Waals surface area contributed by atoms with Gasteiger partial charge in [0.25, 0.3) is 5.91 Å². The van der Waals surface area contributed by atoms with E-state index in [2.05, 4.69) is 25.5 Å². The Balaban J connectivity index is 1.15. The van der Waals surface area contributed by atoms with Crippen LogP contribution in [0.4, 0.5) is 8.78 Å². The number of pyridine rings is 1. The number of aliphatic carboxylic acids is 1. The monoisotopic (exact) mass is 682 g/mol. The fourth-order valence-electron chi connectivity index (χ4n) is 6.13. The van der Waals surface area contributed by atoms with Crippen LogP contribution in [0, 0.1) is 23.6 Å². The predicted octanol–water partition coefficient (Wildman–Crippen LogP) is 4.49. The number of amides is 1. The molecule has 3 aliphatic rings. The molecule has 1 aliphatic heterocycles. The lowest BCUT2D eigenvalue weighted by atomic mass is 9.79. The molecule has 13 nitrogen and oxygen atoms in total. The summed E-state index contributed by atoms with van der Waals surface area (Å²) < 4.78 is 43.0. The zero-order valence-electron chi connectivity index (χ0n) is 26.1. The number of nitrogens with one attached hydrogen (secondary N) is 1. The Morgan fingerprint density at radius 1 is 1.10 bits per heavy atom. The number of allylic oxidation sites excluding steroid dienone is 1. The molecular formula is C32H34F2N7O6S+. The standard InChI is InChI=1S/C32H33F2N7O6S/c1-2-46-20-9-7-19(8-10-20)41-15-24(28(39-41)27-23(33)11-12-26(34)38-27)36-29(42)25-16-48-30(37-25)18-13-35-40(14-18)17-47-32(45)22-6-4-3-5-21(22)31(43)44/h11-16,20-22H,2-10,17H2,1H3,(H-,36,42,43,44)/p+1/t20?,21-,22+/m1/s1. The number of carboxylic acids is 1. The average Bonchev–Trinajstić information content (AvgIpc) is 3.86. The van der Waals surface area contributed by atoms with Gasteiger partial charge in [-0.3, -0.25) is 14.4 Å². The van der Waals surface area contributed by atoms with E-state index in [9.17, 15) is 28.3 Å². The number of halogens is 2. The molecule has 4 heterocycles. The Kier molecular flexibility index (Phi) is 10.1. The lowest BCUT2D eigenvalue weighted by Crippen LogP contribution is -2.34. The summed E-state index contributed by atoms with van der Waals surface area (Å²) in [4.78, 5) is 45.7. The summed E-state index contributed by atoms with van der Waals surface area (Å²) in [6.07, 6.45) is 10.2. The molecule has 0 aromatic carbocycles. The molecule has 2 fully saturated rings. The highest BCUT2D eigenvalue weighted by molar-refractivity contribution is 7.13. The first-order valence-corrected chi connectivity index (χ1v) is 16.7. The van der Waals surface area contributed by atoms with Crippen molar-refractivity contribution >= 4 is 40.6 Å². The number of carboxylic acid groups (broad SMARTS) is 1. The zero-order chi connectivity index (χ0) is 33.8. The number of hydrogen-bond donors (Lipinski definition) is 2. The first-order chi connectivity index (χ1) is 23.2. The summed E-state index contributed by atoms with van der Waals surface area (Å²) in [5.41, 5.74) is 1.38. The number of carbonyl (C=O) groups excluding carboxylic acids is 2. The molecule has 0 spiro atoms. The summed E-state index contributed by atoms with van der Waals surface area (Å²) >= 11 is 1.19. The number of aromatic nitrogens is 4. The number of thiazole rings is 1. The van der Waals surface area contributed by atoms with E-state index < -0.39 is 41.4 Å². The first kappa shape index (κ1) is 33.2. The Morgan fingerprint density at radius 3 is 2.62 bits per heavy atom. The van der Waals surface area contributed by atoms with Crippen molar-refractivity contribution in [3.63, 3.8) is 0 Å². The van der Waals surface area contributed by atoms with Crippen molar-refractivity contribution in [1.82, 2.24) is 25.1 Å². The molecule has 0 bridgehead atoms. The van der Waals surface area contributed by atoms with Gasteiger partial charge in [-0.2, -0.15) is 9.49 Å². The summed E-state index contributed by atoms with van der Waals surface area (Å²) in [5.74, 6) is -5.29. The number of hydrogen-bond acceptors (Lipinski definition) is 10. The maximum absolute atomic E-state index is 14.8. The van der Waals surface area contributed by atoms with Crippen molar-refractivity contribution in [2.45, 2.75) is 71.1 Å². The molecule has 252 valence electrons. The third-order valence-corrected chi connectivity index (χ3v) is 9.47. The molecule has 1 amide bonds. The van der Waals surface area contributed by atoms with Gasteiger partial charge < -0.3 is 19.9 Å². The summed E-state index contributed by atoms with van der Waals surface area (Å²) in [5, 5.41) is 22.9. The van der Waals surface area contributed by atoms with Crippen LogP contribution in [0.3, 0.4) is 0 Å².